The van der Waals surface area contributed by atoms with Gasteiger partial charge in [0.05, 0.1) is 11.7 Å². The van der Waals surface area contributed by atoms with Crippen LogP contribution in [0, 0.1) is 19.8 Å². The molecule has 0 bridgehead atoms. The molecule has 1 atom stereocenters. The molecule has 0 saturated heterocycles. The summed E-state index contributed by atoms with van der Waals surface area (Å²) in [6.45, 7) is 9.75. The predicted molar refractivity (Wildman–Crippen MR) is 126 cm³/mol. The number of benzene rings is 2. The van der Waals surface area contributed by atoms with Crippen LogP contribution in [-0.4, -0.2) is 22.2 Å². The summed E-state index contributed by atoms with van der Waals surface area (Å²) in [5, 5.41) is 10.1. The van der Waals surface area contributed by atoms with E-state index < -0.39 is 0 Å². The molecule has 1 heterocycles. The summed E-state index contributed by atoms with van der Waals surface area (Å²) in [7, 11) is 0. The molecule has 0 fully saturated rings. The number of nitrogens with zero attached hydrogens (tertiary/aromatic N) is 2. The molecular formula is C24H33ClN4O. The van der Waals surface area contributed by atoms with Gasteiger partial charge in [-0.2, -0.15) is 5.10 Å². The Bertz CT molecular complexity index is 996. The maximum absolute atomic E-state index is 12.6. The van der Waals surface area contributed by atoms with E-state index in [9.17, 15) is 4.79 Å². The summed E-state index contributed by atoms with van der Waals surface area (Å²) in [5.74, 6) is 0.556. The van der Waals surface area contributed by atoms with E-state index in [0.29, 0.717) is 25.3 Å². The van der Waals surface area contributed by atoms with Crippen molar-refractivity contribution in [3.8, 4) is 0 Å². The Balaban J connectivity index is 0.00000320. The van der Waals surface area contributed by atoms with Gasteiger partial charge in [0, 0.05) is 25.2 Å². The normalized spacial score (nSPS) is 12.1. The Labute approximate surface area is 185 Å². The number of aromatic nitrogens is 2. The molecule has 0 saturated carbocycles. The fourth-order valence-corrected chi connectivity index (χ4v) is 3.83. The summed E-state index contributed by atoms with van der Waals surface area (Å²) in [5.41, 5.74) is 10.4. The molecule has 0 aliphatic carbocycles. The third-order valence-corrected chi connectivity index (χ3v) is 5.42. The van der Waals surface area contributed by atoms with E-state index in [1.807, 2.05) is 25.1 Å². The van der Waals surface area contributed by atoms with Crippen molar-refractivity contribution in [1.82, 2.24) is 15.1 Å². The van der Waals surface area contributed by atoms with Gasteiger partial charge in [-0.25, -0.2) is 0 Å². The molecule has 0 spiro atoms. The molecule has 1 aromatic heterocycles. The van der Waals surface area contributed by atoms with Gasteiger partial charge in [0.25, 0.3) is 0 Å². The van der Waals surface area contributed by atoms with E-state index in [1.165, 1.54) is 10.9 Å². The number of nitrogens with two attached hydrogens (primary N) is 1. The molecule has 162 valence electrons. The van der Waals surface area contributed by atoms with E-state index in [1.54, 1.807) is 0 Å². The first-order chi connectivity index (χ1) is 13.9. The van der Waals surface area contributed by atoms with Crippen LogP contribution in [0.3, 0.4) is 0 Å². The standard InChI is InChI=1S/C24H32N4O.ClH/c1-16(2)15-28-18(4)22(17(3)27-28)11-12-24(29)26-23(14-25)21-10-9-19-7-5-6-8-20(19)13-21;/h5-10,13,16,23H,11-12,14-15,25H2,1-4H3,(H,26,29);1H. The highest BCUT2D eigenvalue weighted by Crippen LogP contribution is 2.21. The average molecular weight is 429 g/mol. The molecule has 3 rings (SSSR count). The van der Waals surface area contributed by atoms with Crippen LogP contribution in [0.15, 0.2) is 42.5 Å². The highest BCUT2D eigenvalue weighted by Gasteiger charge is 2.16. The number of aryl methyl sites for hydroxylation is 1. The Morgan fingerprint density at radius 3 is 2.50 bits per heavy atom. The zero-order chi connectivity index (χ0) is 21.0. The number of hydrogen-bond acceptors (Lipinski definition) is 3. The van der Waals surface area contributed by atoms with Crippen molar-refractivity contribution in [3.05, 3.63) is 65.0 Å². The summed E-state index contributed by atoms with van der Waals surface area (Å²) in [6.07, 6.45) is 1.12. The van der Waals surface area contributed by atoms with Crippen LogP contribution in [0.25, 0.3) is 10.8 Å². The number of rotatable bonds is 8. The fraction of sp³-hybridized carbons (Fsp3) is 0.417. The lowest BCUT2D eigenvalue weighted by molar-refractivity contribution is -0.121. The van der Waals surface area contributed by atoms with Crippen LogP contribution < -0.4 is 11.1 Å². The molecule has 30 heavy (non-hydrogen) atoms. The first kappa shape index (κ1) is 23.9. The maximum atomic E-state index is 12.6. The lowest BCUT2D eigenvalue weighted by Gasteiger charge is -2.18. The second-order valence-electron chi connectivity index (χ2n) is 8.19. The molecule has 0 radical (unpaired) electrons. The maximum Gasteiger partial charge on any atom is 0.220 e. The molecule has 6 heteroatoms. The number of fused-ring (bicyclic) bond motifs is 1. The summed E-state index contributed by atoms with van der Waals surface area (Å²) in [6, 6.07) is 14.3. The van der Waals surface area contributed by atoms with Crippen molar-refractivity contribution in [2.24, 2.45) is 11.7 Å². The summed E-state index contributed by atoms with van der Waals surface area (Å²) in [4.78, 5) is 12.6. The molecule has 5 nitrogen and oxygen atoms in total. The van der Waals surface area contributed by atoms with Gasteiger partial charge in [-0.1, -0.05) is 50.2 Å². The van der Waals surface area contributed by atoms with Gasteiger partial charge in [-0.15, -0.1) is 12.4 Å². The third kappa shape index (κ3) is 5.61. The Morgan fingerprint density at radius 2 is 1.83 bits per heavy atom. The third-order valence-electron chi connectivity index (χ3n) is 5.42. The first-order valence-electron chi connectivity index (χ1n) is 10.4. The second-order valence-corrected chi connectivity index (χ2v) is 8.19. The van der Waals surface area contributed by atoms with Crippen molar-refractivity contribution in [1.29, 1.82) is 0 Å². The SMILES string of the molecule is Cc1nn(CC(C)C)c(C)c1CCC(=O)NC(CN)c1ccc2ccccc2c1.Cl. The monoisotopic (exact) mass is 428 g/mol. The molecule has 1 amide bonds. The topological polar surface area (TPSA) is 72.9 Å². The van der Waals surface area contributed by atoms with E-state index in [4.69, 9.17) is 5.73 Å². The Morgan fingerprint density at radius 1 is 1.13 bits per heavy atom. The van der Waals surface area contributed by atoms with Crippen LogP contribution >= 0.6 is 12.4 Å². The minimum atomic E-state index is -0.182. The number of carbonyl (C=O) groups is 1. The lowest BCUT2D eigenvalue weighted by Crippen LogP contribution is -2.33. The van der Waals surface area contributed by atoms with Crippen molar-refractivity contribution < 1.29 is 4.79 Å². The van der Waals surface area contributed by atoms with Crippen molar-refractivity contribution in [2.75, 3.05) is 6.54 Å². The number of halogens is 1. The molecular weight excluding hydrogens is 396 g/mol. The smallest absolute Gasteiger partial charge is 0.220 e. The zero-order valence-corrected chi connectivity index (χ0v) is 19.1. The van der Waals surface area contributed by atoms with E-state index in [2.05, 4.69) is 60.1 Å². The van der Waals surface area contributed by atoms with Gasteiger partial charge in [-0.3, -0.25) is 9.48 Å². The van der Waals surface area contributed by atoms with E-state index in [0.717, 1.165) is 28.9 Å². The van der Waals surface area contributed by atoms with Crippen molar-refractivity contribution in [2.45, 2.75) is 53.1 Å². The Kier molecular flexibility index (Phi) is 8.44. The molecule has 1 unspecified atom stereocenters. The molecule has 3 aromatic rings. The number of carbonyl (C=O) groups excluding carboxylic acids is 1. The highest BCUT2D eigenvalue weighted by molar-refractivity contribution is 5.85. The molecule has 2 aromatic carbocycles. The van der Waals surface area contributed by atoms with Crippen LogP contribution in [0.5, 0.6) is 0 Å². The van der Waals surface area contributed by atoms with Gasteiger partial charge in [-0.05, 0) is 54.2 Å². The van der Waals surface area contributed by atoms with E-state index in [-0.39, 0.29) is 24.4 Å². The highest BCUT2D eigenvalue weighted by atomic mass is 35.5. The average Bonchev–Trinajstić information content (AvgIpc) is 2.96. The minimum Gasteiger partial charge on any atom is -0.348 e. The van der Waals surface area contributed by atoms with Gasteiger partial charge in [0.15, 0.2) is 0 Å². The number of nitrogens with one attached hydrogen (secondary N) is 1. The van der Waals surface area contributed by atoms with Gasteiger partial charge in [0.2, 0.25) is 5.91 Å². The van der Waals surface area contributed by atoms with Crippen molar-refractivity contribution >= 4 is 29.1 Å². The quantitative estimate of drug-likeness (QED) is 0.555. The summed E-state index contributed by atoms with van der Waals surface area (Å²) < 4.78 is 2.06. The van der Waals surface area contributed by atoms with Crippen molar-refractivity contribution in [3.63, 3.8) is 0 Å². The molecule has 0 aliphatic heterocycles. The zero-order valence-electron chi connectivity index (χ0n) is 18.3. The first-order valence-corrected chi connectivity index (χ1v) is 10.4. The minimum absolute atomic E-state index is 0. The van der Waals surface area contributed by atoms with Gasteiger partial charge in [0.1, 0.15) is 0 Å². The summed E-state index contributed by atoms with van der Waals surface area (Å²) >= 11 is 0. The second kappa shape index (κ2) is 10.6. The van der Waals surface area contributed by atoms with Gasteiger partial charge >= 0.3 is 0 Å². The van der Waals surface area contributed by atoms with Crippen LogP contribution in [0.1, 0.15) is 48.8 Å². The molecule has 0 aliphatic rings. The fourth-order valence-electron chi connectivity index (χ4n) is 3.83. The molecule has 3 N–H and O–H groups in total. The Hall–Kier alpha value is -2.37. The predicted octanol–water partition coefficient (Wildman–Crippen LogP) is 4.48. The largest absolute Gasteiger partial charge is 0.348 e. The van der Waals surface area contributed by atoms with Crippen LogP contribution in [0.4, 0.5) is 0 Å². The number of hydrogen-bond donors (Lipinski definition) is 2. The van der Waals surface area contributed by atoms with Crippen LogP contribution in [0.2, 0.25) is 0 Å². The number of amides is 1. The van der Waals surface area contributed by atoms with Crippen LogP contribution in [-0.2, 0) is 17.8 Å². The van der Waals surface area contributed by atoms with E-state index >= 15 is 0 Å². The lowest BCUT2D eigenvalue weighted by atomic mass is 10.0. The van der Waals surface area contributed by atoms with Gasteiger partial charge < -0.3 is 11.1 Å².